The number of primary amides is 1. The Hall–Kier alpha value is -1.47. The quantitative estimate of drug-likeness (QED) is 0.847. The number of carbonyl (C=O) groups excluding carboxylic acids is 1. The molecule has 1 aliphatic heterocycles. The molecule has 0 aliphatic carbocycles. The lowest BCUT2D eigenvalue weighted by Gasteiger charge is -2.32. The van der Waals surface area contributed by atoms with Crippen molar-refractivity contribution in [3.8, 4) is 0 Å². The molecular formula is C15H27N5O2. The molecule has 1 saturated heterocycles. The molecule has 0 bridgehead atoms. The summed E-state index contributed by atoms with van der Waals surface area (Å²) in [4.78, 5) is 18.1. The van der Waals surface area contributed by atoms with Crippen molar-refractivity contribution in [2.24, 2.45) is 5.73 Å². The molecule has 22 heavy (non-hydrogen) atoms. The van der Waals surface area contributed by atoms with E-state index in [4.69, 9.17) is 10.5 Å². The zero-order valence-electron chi connectivity index (χ0n) is 14.0. The fourth-order valence-corrected chi connectivity index (χ4v) is 2.70. The summed E-state index contributed by atoms with van der Waals surface area (Å²) >= 11 is 0. The van der Waals surface area contributed by atoms with Gasteiger partial charge in [0, 0.05) is 25.6 Å². The second-order valence-corrected chi connectivity index (χ2v) is 6.87. The van der Waals surface area contributed by atoms with E-state index in [1.165, 1.54) is 0 Å². The summed E-state index contributed by atoms with van der Waals surface area (Å²) in [5.74, 6) is 1.01. The van der Waals surface area contributed by atoms with Crippen LogP contribution in [0.3, 0.4) is 0 Å². The molecule has 0 unspecified atom stereocenters. The van der Waals surface area contributed by atoms with E-state index < -0.39 is 5.91 Å². The fraction of sp³-hybridized carbons (Fsp3) is 0.800. The standard InChI is InChI=1S/C15H27N5O2/c1-11(19-5-7-22-8-6-19)9-14-17-13(10-12(16)21)18-20(14)15(2,3)4/h11H,5-10H2,1-4H3,(H2,16,21)/t11-/m0/s1. The van der Waals surface area contributed by atoms with Gasteiger partial charge in [0.1, 0.15) is 5.82 Å². The van der Waals surface area contributed by atoms with Crippen molar-refractivity contribution < 1.29 is 9.53 Å². The second kappa shape index (κ2) is 6.75. The molecule has 1 atom stereocenters. The predicted octanol–water partition coefficient (Wildman–Crippen LogP) is 0.324. The molecule has 124 valence electrons. The number of aromatic nitrogens is 3. The third-order valence-corrected chi connectivity index (χ3v) is 3.83. The minimum Gasteiger partial charge on any atom is -0.379 e. The Bertz CT molecular complexity index is 514. The van der Waals surface area contributed by atoms with Gasteiger partial charge >= 0.3 is 0 Å². The number of hydrogen-bond acceptors (Lipinski definition) is 5. The van der Waals surface area contributed by atoms with Crippen LogP contribution in [0, 0.1) is 0 Å². The molecule has 2 N–H and O–H groups in total. The van der Waals surface area contributed by atoms with Crippen LogP contribution in [-0.2, 0) is 27.9 Å². The van der Waals surface area contributed by atoms with Crippen LogP contribution in [-0.4, -0.2) is 57.9 Å². The van der Waals surface area contributed by atoms with Gasteiger partial charge in [-0.1, -0.05) is 0 Å². The SMILES string of the molecule is C[C@@H](Cc1nc(CC(N)=O)nn1C(C)(C)C)N1CCOCC1. The Morgan fingerprint density at radius 3 is 2.55 bits per heavy atom. The van der Waals surface area contributed by atoms with Gasteiger partial charge in [0.25, 0.3) is 0 Å². The number of nitrogens with two attached hydrogens (primary N) is 1. The normalized spacial score (nSPS) is 18.4. The summed E-state index contributed by atoms with van der Waals surface area (Å²) in [5.41, 5.74) is 5.08. The molecule has 7 nitrogen and oxygen atoms in total. The highest BCUT2D eigenvalue weighted by Gasteiger charge is 2.25. The van der Waals surface area contributed by atoms with Crippen LogP contribution in [0.2, 0.25) is 0 Å². The summed E-state index contributed by atoms with van der Waals surface area (Å²) in [6, 6.07) is 0.357. The monoisotopic (exact) mass is 309 g/mol. The third-order valence-electron chi connectivity index (χ3n) is 3.83. The van der Waals surface area contributed by atoms with Gasteiger partial charge in [-0.2, -0.15) is 5.10 Å². The molecule has 0 spiro atoms. The Labute approximate surface area is 131 Å². The first-order valence-electron chi connectivity index (χ1n) is 7.83. The maximum absolute atomic E-state index is 11.1. The number of amides is 1. The lowest BCUT2D eigenvalue weighted by molar-refractivity contribution is -0.117. The second-order valence-electron chi connectivity index (χ2n) is 6.87. The van der Waals surface area contributed by atoms with Crippen LogP contribution in [0.5, 0.6) is 0 Å². The van der Waals surface area contributed by atoms with Gasteiger partial charge in [0.15, 0.2) is 5.82 Å². The molecular weight excluding hydrogens is 282 g/mol. The van der Waals surface area contributed by atoms with Crippen LogP contribution < -0.4 is 5.73 Å². The average molecular weight is 309 g/mol. The largest absolute Gasteiger partial charge is 0.379 e. The highest BCUT2D eigenvalue weighted by molar-refractivity contribution is 5.75. The Morgan fingerprint density at radius 2 is 2.00 bits per heavy atom. The van der Waals surface area contributed by atoms with Crippen molar-refractivity contribution in [3.63, 3.8) is 0 Å². The number of hydrogen-bond donors (Lipinski definition) is 1. The van der Waals surface area contributed by atoms with Gasteiger partial charge in [-0.05, 0) is 27.7 Å². The first kappa shape index (κ1) is 16.9. The summed E-state index contributed by atoms with van der Waals surface area (Å²) in [6.07, 6.45) is 0.880. The molecule has 7 heteroatoms. The average Bonchev–Trinajstić information content (AvgIpc) is 2.81. The van der Waals surface area contributed by atoms with Gasteiger partial charge in [-0.3, -0.25) is 9.69 Å². The molecule has 0 aromatic carbocycles. The van der Waals surface area contributed by atoms with Crippen molar-refractivity contribution in [1.82, 2.24) is 19.7 Å². The van der Waals surface area contributed by atoms with Gasteiger partial charge in [-0.25, -0.2) is 9.67 Å². The highest BCUT2D eigenvalue weighted by Crippen LogP contribution is 2.18. The summed E-state index contributed by atoms with van der Waals surface area (Å²) < 4.78 is 7.32. The zero-order chi connectivity index (χ0) is 16.3. The Morgan fingerprint density at radius 1 is 1.36 bits per heavy atom. The summed E-state index contributed by atoms with van der Waals surface area (Å²) in [5, 5.41) is 4.48. The van der Waals surface area contributed by atoms with E-state index in [-0.39, 0.29) is 12.0 Å². The molecule has 1 aromatic heterocycles. The molecule has 1 amide bonds. The molecule has 1 aliphatic rings. The zero-order valence-corrected chi connectivity index (χ0v) is 14.0. The van der Waals surface area contributed by atoms with E-state index in [2.05, 4.69) is 42.7 Å². The minimum atomic E-state index is -0.404. The van der Waals surface area contributed by atoms with E-state index in [9.17, 15) is 4.79 Å². The molecule has 1 fully saturated rings. The van der Waals surface area contributed by atoms with Crippen molar-refractivity contribution in [1.29, 1.82) is 0 Å². The molecule has 1 aromatic rings. The topological polar surface area (TPSA) is 86.3 Å². The maximum atomic E-state index is 11.1. The third kappa shape index (κ3) is 4.27. The Balaban J connectivity index is 2.16. The molecule has 2 heterocycles. The minimum absolute atomic E-state index is 0.0853. The van der Waals surface area contributed by atoms with Crippen LogP contribution in [0.15, 0.2) is 0 Å². The summed E-state index contributed by atoms with van der Waals surface area (Å²) in [7, 11) is 0. The Kier molecular flexibility index (Phi) is 5.18. The van der Waals surface area contributed by atoms with Gasteiger partial charge in [-0.15, -0.1) is 0 Å². The van der Waals surface area contributed by atoms with E-state index in [0.717, 1.165) is 38.5 Å². The van der Waals surface area contributed by atoms with Crippen LogP contribution in [0.4, 0.5) is 0 Å². The molecule has 0 saturated carbocycles. The van der Waals surface area contributed by atoms with Crippen molar-refractivity contribution in [3.05, 3.63) is 11.6 Å². The first-order valence-corrected chi connectivity index (χ1v) is 7.83. The highest BCUT2D eigenvalue weighted by atomic mass is 16.5. The number of rotatable bonds is 5. The van der Waals surface area contributed by atoms with Gasteiger partial charge in [0.2, 0.25) is 5.91 Å². The van der Waals surface area contributed by atoms with Gasteiger partial charge < -0.3 is 10.5 Å². The van der Waals surface area contributed by atoms with Crippen molar-refractivity contribution in [2.45, 2.75) is 52.1 Å². The van der Waals surface area contributed by atoms with Crippen molar-refractivity contribution >= 4 is 5.91 Å². The van der Waals surface area contributed by atoms with Crippen molar-refractivity contribution in [2.75, 3.05) is 26.3 Å². The summed E-state index contributed by atoms with van der Waals surface area (Å²) in [6.45, 7) is 11.9. The lowest BCUT2D eigenvalue weighted by Crippen LogP contribution is -2.43. The fourth-order valence-electron chi connectivity index (χ4n) is 2.70. The molecule has 2 rings (SSSR count). The van der Waals surface area contributed by atoms with E-state index in [0.29, 0.717) is 11.9 Å². The first-order chi connectivity index (χ1) is 10.3. The number of morpholine rings is 1. The van der Waals surface area contributed by atoms with Crippen LogP contribution >= 0.6 is 0 Å². The predicted molar refractivity (Wildman–Crippen MR) is 83.5 cm³/mol. The van der Waals surface area contributed by atoms with E-state index in [1.807, 2.05) is 4.68 Å². The smallest absolute Gasteiger partial charge is 0.225 e. The van der Waals surface area contributed by atoms with Crippen LogP contribution in [0.25, 0.3) is 0 Å². The number of carbonyl (C=O) groups is 1. The lowest BCUT2D eigenvalue weighted by atomic mass is 10.1. The van der Waals surface area contributed by atoms with E-state index in [1.54, 1.807) is 0 Å². The number of ether oxygens (including phenoxy) is 1. The molecule has 0 radical (unpaired) electrons. The van der Waals surface area contributed by atoms with E-state index >= 15 is 0 Å². The van der Waals surface area contributed by atoms with Gasteiger partial charge in [0.05, 0.1) is 25.2 Å². The van der Waals surface area contributed by atoms with Crippen LogP contribution in [0.1, 0.15) is 39.3 Å². The maximum Gasteiger partial charge on any atom is 0.225 e. The number of nitrogens with zero attached hydrogens (tertiary/aromatic N) is 4.